The van der Waals surface area contributed by atoms with Gasteiger partial charge in [-0.1, -0.05) is 18.2 Å². The molecule has 3 heterocycles. The normalized spacial score (nSPS) is 17.9. The summed E-state index contributed by atoms with van der Waals surface area (Å²) in [6, 6.07) is 13.5. The summed E-state index contributed by atoms with van der Waals surface area (Å²) in [5.41, 5.74) is 2.51. The largest absolute Gasteiger partial charge is 0.378 e. The van der Waals surface area contributed by atoms with Crippen LogP contribution in [0.3, 0.4) is 0 Å². The Balaban J connectivity index is 1.28. The summed E-state index contributed by atoms with van der Waals surface area (Å²) in [6.45, 7) is 4.10. The number of piperidine rings is 1. The summed E-state index contributed by atoms with van der Waals surface area (Å²) in [4.78, 5) is 33.0. The van der Waals surface area contributed by atoms with Crippen LogP contribution in [-0.4, -0.2) is 66.0 Å². The number of nitrogens with zero attached hydrogens (tertiary/aromatic N) is 3. The number of hydrogen-bond donors (Lipinski definition) is 0. The quantitative estimate of drug-likeness (QED) is 0.801. The molecule has 152 valence electrons. The Kier molecular flexibility index (Phi) is 6.20. The summed E-state index contributed by atoms with van der Waals surface area (Å²) in [5, 5.41) is 0. The van der Waals surface area contributed by atoms with E-state index in [1.807, 2.05) is 34.1 Å². The van der Waals surface area contributed by atoms with Gasteiger partial charge >= 0.3 is 0 Å². The van der Waals surface area contributed by atoms with E-state index in [2.05, 4.69) is 17.1 Å². The predicted molar refractivity (Wildman–Crippen MR) is 110 cm³/mol. The van der Waals surface area contributed by atoms with Crippen LogP contribution in [0.2, 0.25) is 0 Å². The number of benzene rings is 1. The first-order valence-electron chi connectivity index (χ1n) is 10.4. The molecule has 2 aromatic rings. The minimum Gasteiger partial charge on any atom is -0.378 e. The second-order valence-electron chi connectivity index (χ2n) is 7.76. The number of ether oxygens (including phenoxy) is 1. The van der Waals surface area contributed by atoms with Crippen LogP contribution >= 0.6 is 0 Å². The van der Waals surface area contributed by atoms with Crippen molar-refractivity contribution < 1.29 is 14.3 Å². The molecule has 2 saturated heterocycles. The summed E-state index contributed by atoms with van der Waals surface area (Å²) in [6.07, 6.45) is 4.63. The Hall–Kier alpha value is -2.73. The summed E-state index contributed by atoms with van der Waals surface area (Å²) < 4.78 is 5.31. The first-order chi connectivity index (χ1) is 14.2. The van der Waals surface area contributed by atoms with E-state index in [1.165, 1.54) is 5.56 Å². The number of aromatic nitrogens is 1. The Morgan fingerprint density at radius 3 is 2.24 bits per heavy atom. The van der Waals surface area contributed by atoms with Crippen LogP contribution in [0.15, 0.2) is 48.7 Å². The lowest BCUT2D eigenvalue weighted by molar-refractivity contribution is 0.0303. The highest BCUT2D eigenvalue weighted by Gasteiger charge is 2.24. The van der Waals surface area contributed by atoms with Gasteiger partial charge in [0.05, 0.1) is 13.2 Å². The molecule has 6 nitrogen and oxygen atoms in total. The van der Waals surface area contributed by atoms with Gasteiger partial charge in [-0.3, -0.25) is 14.6 Å². The molecule has 0 saturated carbocycles. The fourth-order valence-electron chi connectivity index (χ4n) is 4.06. The summed E-state index contributed by atoms with van der Waals surface area (Å²) in [5.74, 6) is 0.666. The minimum absolute atomic E-state index is 0.0232. The maximum atomic E-state index is 12.5. The fourth-order valence-corrected chi connectivity index (χ4v) is 4.06. The van der Waals surface area contributed by atoms with Crippen LogP contribution in [0.25, 0.3) is 0 Å². The van der Waals surface area contributed by atoms with Crippen molar-refractivity contribution in [1.82, 2.24) is 14.8 Å². The highest BCUT2D eigenvalue weighted by Crippen LogP contribution is 2.23. The molecule has 0 aliphatic carbocycles. The van der Waals surface area contributed by atoms with Gasteiger partial charge in [0, 0.05) is 37.9 Å². The van der Waals surface area contributed by atoms with Crippen LogP contribution in [-0.2, 0) is 11.2 Å². The van der Waals surface area contributed by atoms with E-state index in [0.29, 0.717) is 37.9 Å². The standard InChI is InChI=1S/C23H27N3O3/c27-22(26-13-15-29-16-14-26)20-6-4-18(5-7-20)17-19-8-11-25(12-9-19)23(28)21-3-1-2-10-24-21/h1-7,10,19H,8-9,11-17H2. The van der Waals surface area contributed by atoms with E-state index in [1.54, 1.807) is 12.3 Å². The molecule has 1 aromatic heterocycles. The summed E-state index contributed by atoms with van der Waals surface area (Å²) >= 11 is 0. The van der Waals surface area contributed by atoms with Crippen molar-refractivity contribution in [2.24, 2.45) is 5.92 Å². The highest BCUT2D eigenvalue weighted by atomic mass is 16.5. The van der Waals surface area contributed by atoms with Gasteiger partial charge in [0.25, 0.3) is 11.8 Å². The third kappa shape index (κ3) is 4.82. The van der Waals surface area contributed by atoms with Crippen molar-refractivity contribution in [2.75, 3.05) is 39.4 Å². The van der Waals surface area contributed by atoms with Gasteiger partial charge in [0.1, 0.15) is 5.69 Å². The van der Waals surface area contributed by atoms with E-state index in [0.717, 1.165) is 37.9 Å². The predicted octanol–water partition coefficient (Wildman–Crippen LogP) is 2.65. The van der Waals surface area contributed by atoms with E-state index >= 15 is 0 Å². The van der Waals surface area contributed by atoms with Crippen LogP contribution in [0.5, 0.6) is 0 Å². The second-order valence-corrected chi connectivity index (χ2v) is 7.76. The molecule has 29 heavy (non-hydrogen) atoms. The molecule has 1 aromatic carbocycles. The average Bonchev–Trinajstić information content (AvgIpc) is 2.80. The molecular formula is C23H27N3O3. The van der Waals surface area contributed by atoms with Gasteiger partial charge in [0.2, 0.25) is 0 Å². The van der Waals surface area contributed by atoms with Gasteiger partial charge in [-0.2, -0.15) is 0 Å². The zero-order valence-corrected chi connectivity index (χ0v) is 16.6. The Morgan fingerprint density at radius 2 is 1.59 bits per heavy atom. The Bertz CT molecular complexity index is 824. The van der Waals surface area contributed by atoms with Crippen molar-refractivity contribution in [3.63, 3.8) is 0 Å². The van der Waals surface area contributed by atoms with Gasteiger partial charge < -0.3 is 14.5 Å². The maximum Gasteiger partial charge on any atom is 0.272 e. The first-order valence-corrected chi connectivity index (χ1v) is 10.4. The maximum absolute atomic E-state index is 12.5. The van der Waals surface area contributed by atoms with Crippen LogP contribution in [0.4, 0.5) is 0 Å². The SMILES string of the molecule is O=C(c1ccc(CC2CCN(C(=O)c3ccccn3)CC2)cc1)N1CCOCC1. The molecule has 0 atom stereocenters. The van der Waals surface area contributed by atoms with E-state index in [-0.39, 0.29) is 11.8 Å². The smallest absolute Gasteiger partial charge is 0.272 e. The van der Waals surface area contributed by atoms with Crippen LogP contribution < -0.4 is 0 Å². The third-order valence-corrected chi connectivity index (χ3v) is 5.81. The van der Waals surface area contributed by atoms with Crippen molar-refractivity contribution >= 4 is 11.8 Å². The molecule has 0 N–H and O–H groups in total. The number of morpholine rings is 1. The number of likely N-dealkylation sites (tertiary alicyclic amines) is 1. The molecule has 2 fully saturated rings. The molecule has 0 radical (unpaired) electrons. The lowest BCUT2D eigenvalue weighted by Crippen LogP contribution is -2.40. The Morgan fingerprint density at radius 1 is 0.897 bits per heavy atom. The Labute approximate surface area is 171 Å². The third-order valence-electron chi connectivity index (χ3n) is 5.81. The first kappa shape index (κ1) is 19.6. The number of pyridine rings is 1. The molecule has 2 aliphatic heterocycles. The van der Waals surface area contributed by atoms with Crippen molar-refractivity contribution in [2.45, 2.75) is 19.3 Å². The lowest BCUT2D eigenvalue weighted by atomic mass is 9.89. The molecule has 2 aliphatic rings. The number of carbonyl (C=O) groups excluding carboxylic acids is 2. The second kappa shape index (κ2) is 9.18. The molecular weight excluding hydrogens is 366 g/mol. The monoisotopic (exact) mass is 393 g/mol. The number of carbonyl (C=O) groups is 2. The highest BCUT2D eigenvalue weighted by molar-refractivity contribution is 5.94. The fraction of sp³-hybridized carbons (Fsp3) is 0.435. The van der Waals surface area contributed by atoms with Gasteiger partial charge in [-0.25, -0.2) is 0 Å². The average molecular weight is 393 g/mol. The van der Waals surface area contributed by atoms with Crippen LogP contribution in [0, 0.1) is 5.92 Å². The van der Waals surface area contributed by atoms with E-state index in [4.69, 9.17) is 4.74 Å². The molecule has 0 bridgehead atoms. The molecule has 0 unspecified atom stereocenters. The van der Waals surface area contributed by atoms with E-state index < -0.39 is 0 Å². The lowest BCUT2D eigenvalue weighted by Gasteiger charge is -2.32. The van der Waals surface area contributed by atoms with Gasteiger partial charge in [-0.15, -0.1) is 0 Å². The zero-order valence-electron chi connectivity index (χ0n) is 16.6. The summed E-state index contributed by atoms with van der Waals surface area (Å²) in [7, 11) is 0. The molecule has 0 spiro atoms. The molecule has 4 rings (SSSR count). The van der Waals surface area contributed by atoms with Gasteiger partial charge in [-0.05, 0) is 55.0 Å². The van der Waals surface area contributed by atoms with E-state index in [9.17, 15) is 9.59 Å². The topological polar surface area (TPSA) is 62.7 Å². The van der Waals surface area contributed by atoms with Crippen molar-refractivity contribution in [3.8, 4) is 0 Å². The molecule has 6 heteroatoms. The molecule has 2 amide bonds. The van der Waals surface area contributed by atoms with Gasteiger partial charge in [0.15, 0.2) is 0 Å². The number of amides is 2. The zero-order chi connectivity index (χ0) is 20.1. The van der Waals surface area contributed by atoms with Crippen molar-refractivity contribution in [1.29, 1.82) is 0 Å². The number of rotatable bonds is 4. The minimum atomic E-state index is 0.0232. The van der Waals surface area contributed by atoms with Crippen molar-refractivity contribution in [3.05, 3.63) is 65.5 Å². The van der Waals surface area contributed by atoms with Crippen LogP contribution in [0.1, 0.15) is 39.3 Å². The number of hydrogen-bond acceptors (Lipinski definition) is 4.